The van der Waals surface area contributed by atoms with Gasteiger partial charge in [0, 0.05) is 31.6 Å². The van der Waals surface area contributed by atoms with Crippen molar-refractivity contribution in [2.45, 2.75) is 26.3 Å². The number of thiophene rings is 1. The quantitative estimate of drug-likeness (QED) is 0.527. The lowest BCUT2D eigenvalue weighted by molar-refractivity contribution is -0.143. The Kier molecular flexibility index (Phi) is 8.46. The molecule has 1 aromatic heterocycles. The molecule has 2 aromatic rings. The van der Waals surface area contributed by atoms with Crippen molar-refractivity contribution in [2.75, 3.05) is 41.0 Å². The number of hydrogen-bond donors (Lipinski definition) is 0. The van der Waals surface area contributed by atoms with Gasteiger partial charge in [0.05, 0.1) is 37.5 Å². The first-order chi connectivity index (χ1) is 15.9. The monoisotopic (exact) mass is 473 g/mol. The Bertz CT molecular complexity index is 990. The van der Waals surface area contributed by atoms with E-state index in [1.54, 1.807) is 32.7 Å². The minimum absolute atomic E-state index is 0.0790. The van der Waals surface area contributed by atoms with Crippen LogP contribution in [0.4, 0.5) is 0 Å². The van der Waals surface area contributed by atoms with Crippen molar-refractivity contribution in [1.82, 2.24) is 9.91 Å². The maximum Gasteiger partial charge on any atom is 0.262 e. The summed E-state index contributed by atoms with van der Waals surface area (Å²) in [7, 11) is 4.77. The maximum atomic E-state index is 13.5. The van der Waals surface area contributed by atoms with Gasteiger partial charge in [-0.2, -0.15) is 5.10 Å². The van der Waals surface area contributed by atoms with Gasteiger partial charge < -0.3 is 19.1 Å². The molecule has 1 aliphatic heterocycles. The van der Waals surface area contributed by atoms with E-state index in [9.17, 15) is 9.59 Å². The summed E-state index contributed by atoms with van der Waals surface area (Å²) in [5, 5.41) is 8.17. The summed E-state index contributed by atoms with van der Waals surface area (Å²) >= 11 is 1.58. The molecule has 1 aliphatic rings. The van der Waals surface area contributed by atoms with Gasteiger partial charge in [-0.15, -0.1) is 11.3 Å². The third-order valence-corrected chi connectivity index (χ3v) is 6.38. The lowest BCUT2D eigenvalue weighted by Gasteiger charge is -2.28. The van der Waals surface area contributed by atoms with E-state index in [1.165, 1.54) is 9.91 Å². The molecule has 0 bridgehead atoms. The molecule has 3 rings (SSSR count). The number of rotatable bonds is 10. The molecule has 2 heterocycles. The molecular weight excluding hydrogens is 442 g/mol. The van der Waals surface area contributed by atoms with E-state index in [0.717, 1.165) is 16.2 Å². The first-order valence-electron chi connectivity index (χ1n) is 10.8. The Labute approximate surface area is 198 Å². The summed E-state index contributed by atoms with van der Waals surface area (Å²) < 4.78 is 16.2. The van der Waals surface area contributed by atoms with E-state index in [0.29, 0.717) is 31.1 Å². The zero-order valence-electron chi connectivity index (χ0n) is 19.7. The number of methoxy groups -OCH3 is 3. The van der Waals surface area contributed by atoms with Crippen molar-refractivity contribution in [1.29, 1.82) is 0 Å². The molecule has 0 aliphatic carbocycles. The maximum absolute atomic E-state index is 13.5. The Morgan fingerprint density at radius 3 is 2.61 bits per heavy atom. The predicted molar refractivity (Wildman–Crippen MR) is 128 cm³/mol. The molecule has 2 amide bonds. The molecule has 1 aromatic carbocycles. The van der Waals surface area contributed by atoms with Crippen LogP contribution in [0.2, 0.25) is 0 Å². The average Bonchev–Trinajstić information content (AvgIpc) is 3.50. The number of carbonyl (C=O) groups is 2. The number of benzene rings is 1. The number of hydrazone groups is 1. The molecular formula is C24H31N3O5S. The van der Waals surface area contributed by atoms with Crippen LogP contribution in [0.15, 0.2) is 40.8 Å². The van der Waals surface area contributed by atoms with Crippen molar-refractivity contribution in [3.63, 3.8) is 0 Å². The second-order valence-corrected chi connectivity index (χ2v) is 8.95. The first kappa shape index (κ1) is 24.7. The fourth-order valence-electron chi connectivity index (χ4n) is 3.74. The highest BCUT2D eigenvalue weighted by Gasteiger charge is 2.36. The Hall–Kier alpha value is -2.91. The van der Waals surface area contributed by atoms with Crippen molar-refractivity contribution in [3.8, 4) is 11.5 Å². The molecule has 0 N–H and O–H groups in total. The van der Waals surface area contributed by atoms with E-state index in [2.05, 4.69) is 0 Å². The fraction of sp³-hybridized carbons (Fsp3) is 0.458. The number of carbonyl (C=O) groups excluding carboxylic acids is 2. The van der Waals surface area contributed by atoms with Crippen LogP contribution in [0.25, 0.3) is 0 Å². The molecule has 178 valence electrons. The van der Waals surface area contributed by atoms with Gasteiger partial charge in [-0.1, -0.05) is 19.9 Å². The Balaban J connectivity index is 1.95. The fourth-order valence-corrected chi connectivity index (χ4v) is 4.46. The largest absolute Gasteiger partial charge is 0.497 e. The molecule has 0 unspecified atom stereocenters. The topological polar surface area (TPSA) is 80.7 Å². The summed E-state index contributed by atoms with van der Waals surface area (Å²) in [5.74, 6) is 0.724. The van der Waals surface area contributed by atoms with Crippen LogP contribution in [-0.4, -0.2) is 68.5 Å². The number of nitrogens with zero attached hydrogens (tertiary/aromatic N) is 3. The van der Waals surface area contributed by atoms with E-state index >= 15 is 0 Å². The Morgan fingerprint density at radius 2 is 2.00 bits per heavy atom. The third-order valence-electron chi connectivity index (χ3n) is 5.46. The number of amides is 2. The highest BCUT2D eigenvalue weighted by molar-refractivity contribution is 7.12. The van der Waals surface area contributed by atoms with Gasteiger partial charge in [0.1, 0.15) is 18.0 Å². The third kappa shape index (κ3) is 5.72. The van der Waals surface area contributed by atoms with Crippen molar-refractivity contribution in [3.05, 3.63) is 46.2 Å². The van der Waals surface area contributed by atoms with Gasteiger partial charge in [-0.25, -0.2) is 5.01 Å². The van der Waals surface area contributed by atoms with Gasteiger partial charge in [-0.3, -0.25) is 9.59 Å². The highest BCUT2D eigenvalue weighted by Crippen LogP contribution is 2.39. The van der Waals surface area contributed by atoms with Crippen molar-refractivity contribution < 1.29 is 23.8 Å². The molecule has 0 radical (unpaired) electrons. The van der Waals surface area contributed by atoms with E-state index in [4.69, 9.17) is 19.3 Å². The second-order valence-electron chi connectivity index (χ2n) is 8.00. The van der Waals surface area contributed by atoms with Gasteiger partial charge in [-0.05, 0) is 29.6 Å². The number of hydrogen-bond acceptors (Lipinski definition) is 7. The standard InChI is InChI=1S/C24H31N3O5S/c1-16(2)24(29)26(10-11-30-3)15-23(28)27-20(14-19(25-27)22-7-6-12-33-22)18-13-17(31-4)8-9-21(18)32-5/h6-9,12-13,16,20H,10-11,14-15H2,1-5H3/t20-/m1/s1. The summed E-state index contributed by atoms with van der Waals surface area (Å²) in [6.45, 7) is 4.24. The molecule has 0 saturated carbocycles. The van der Waals surface area contributed by atoms with Gasteiger partial charge in [0.15, 0.2) is 0 Å². The van der Waals surface area contributed by atoms with Gasteiger partial charge in [0.25, 0.3) is 5.91 Å². The highest BCUT2D eigenvalue weighted by atomic mass is 32.1. The first-order valence-corrected chi connectivity index (χ1v) is 11.7. The lowest BCUT2D eigenvalue weighted by atomic mass is 9.99. The van der Waals surface area contributed by atoms with E-state index in [1.807, 2.05) is 49.6 Å². The van der Waals surface area contributed by atoms with Crippen molar-refractivity contribution >= 4 is 28.9 Å². The molecule has 9 heteroatoms. The smallest absolute Gasteiger partial charge is 0.262 e. The summed E-state index contributed by atoms with van der Waals surface area (Å²) in [5.41, 5.74) is 1.63. The van der Waals surface area contributed by atoms with Crippen LogP contribution in [0, 0.1) is 5.92 Å². The summed E-state index contributed by atoms with van der Waals surface area (Å²) in [6, 6.07) is 9.09. The molecule has 0 spiro atoms. The van der Waals surface area contributed by atoms with Crippen LogP contribution in [0.5, 0.6) is 11.5 Å². The summed E-state index contributed by atoms with van der Waals surface area (Å²) in [6.07, 6.45) is 0.534. The normalized spacial score (nSPS) is 15.5. The average molecular weight is 474 g/mol. The molecule has 0 saturated heterocycles. The molecule has 33 heavy (non-hydrogen) atoms. The van der Waals surface area contributed by atoms with Crippen molar-refractivity contribution in [2.24, 2.45) is 11.0 Å². The van der Waals surface area contributed by atoms with Crippen LogP contribution < -0.4 is 9.47 Å². The van der Waals surface area contributed by atoms with Crippen LogP contribution in [0.3, 0.4) is 0 Å². The minimum atomic E-state index is -0.377. The predicted octanol–water partition coefficient (Wildman–Crippen LogP) is 3.57. The molecule has 1 atom stereocenters. The molecule has 8 nitrogen and oxygen atoms in total. The van der Waals surface area contributed by atoms with Gasteiger partial charge in [0.2, 0.25) is 5.91 Å². The van der Waals surface area contributed by atoms with Gasteiger partial charge >= 0.3 is 0 Å². The zero-order chi connectivity index (χ0) is 24.0. The van der Waals surface area contributed by atoms with Crippen LogP contribution in [0.1, 0.15) is 36.8 Å². The van der Waals surface area contributed by atoms with E-state index in [-0.39, 0.29) is 30.3 Å². The zero-order valence-corrected chi connectivity index (χ0v) is 20.6. The lowest BCUT2D eigenvalue weighted by Crippen LogP contribution is -2.44. The van der Waals surface area contributed by atoms with Crippen LogP contribution in [-0.2, 0) is 14.3 Å². The second kappa shape index (κ2) is 11.3. The molecule has 0 fully saturated rings. The Morgan fingerprint density at radius 1 is 1.21 bits per heavy atom. The SMILES string of the molecule is COCCN(CC(=O)N1N=C(c2cccs2)C[C@@H]1c1cc(OC)ccc1OC)C(=O)C(C)C. The van der Waals surface area contributed by atoms with E-state index < -0.39 is 0 Å². The minimum Gasteiger partial charge on any atom is -0.497 e. The summed E-state index contributed by atoms with van der Waals surface area (Å²) in [4.78, 5) is 28.8. The number of ether oxygens (including phenoxy) is 3. The van der Waals surface area contributed by atoms with Crippen LogP contribution >= 0.6 is 11.3 Å².